The topological polar surface area (TPSA) is 75.7 Å². The number of rotatable bonds is 3. The lowest BCUT2D eigenvalue weighted by Crippen LogP contribution is -1.80. The maximum Gasteiger partial charge on any atom is 0.373 e. The molecule has 3 rings (SSSR count). The van der Waals surface area contributed by atoms with Gasteiger partial charge in [0.2, 0.25) is 0 Å². The number of halogens is 1. The normalized spacial score (nSPS) is 9.50. The van der Waals surface area contributed by atoms with Crippen molar-refractivity contribution in [1.29, 1.82) is 0 Å². The minimum Gasteiger partial charge on any atom is -0.197 e. The van der Waals surface area contributed by atoms with Crippen molar-refractivity contribution in [2.75, 3.05) is 0 Å². The number of benzene rings is 2. The van der Waals surface area contributed by atoms with Crippen LogP contribution in [0.15, 0.2) is 64.6 Å². The Hall–Kier alpha value is -2.40. The predicted octanol–water partition coefficient (Wildman–Crippen LogP) is 3.69. The van der Waals surface area contributed by atoms with E-state index in [4.69, 9.17) is 21.2 Å². The zero-order valence-corrected chi connectivity index (χ0v) is 12.8. The van der Waals surface area contributed by atoms with Gasteiger partial charge in [0, 0.05) is 15.5 Å². The zero-order valence-electron chi connectivity index (χ0n) is 11.2. The van der Waals surface area contributed by atoms with E-state index in [1.54, 1.807) is 18.0 Å². The van der Waals surface area contributed by atoms with Gasteiger partial charge >= 0.3 is 6.15 Å². The van der Waals surface area contributed by atoms with Crippen molar-refractivity contribution < 1.29 is 9.59 Å². The third-order valence-corrected chi connectivity index (χ3v) is 3.90. The molecule has 0 unspecified atom stereocenters. The fraction of sp³-hybridized carbons (Fsp3) is 0. The van der Waals surface area contributed by atoms with E-state index in [0.29, 0.717) is 0 Å². The second kappa shape index (κ2) is 8.14. The number of hydrogen-bond donors (Lipinski definition) is 1. The minimum absolute atomic E-state index is 0.250. The minimum atomic E-state index is 0.250. The lowest BCUT2D eigenvalue weighted by atomic mass is 10.1. The molecule has 0 saturated heterocycles. The summed E-state index contributed by atoms with van der Waals surface area (Å²) >= 11 is 7.75. The molecule has 0 atom stereocenters. The molecular formula is C15H10ClN3O2S. The first-order valence-electron chi connectivity index (χ1n) is 6.12. The number of nitrogens with one attached hydrogen (secondary N) is 1. The van der Waals surface area contributed by atoms with Gasteiger partial charge in [0.1, 0.15) is 5.03 Å². The molecule has 1 aromatic heterocycles. The zero-order chi connectivity index (χ0) is 15.8. The molecule has 0 bridgehead atoms. The fourth-order valence-corrected chi connectivity index (χ4v) is 2.71. The molecule has 1 heterocycles. The summed E-state index contributed by atoms with van der Waals surface area (Å²) in [5.74, 6) is 0. The molecule has 110 valence electrons. The van der Waals surface area contributed by atoms with Crippen molar-refractivity contribution in [2.45, 2.75) is 9.92 Å². The molecule has 0 saturated carbocycles. The molecular weight excluding hydrogens is 322 g/mol. The van der Waals surface area contributed by atoms with E-state index in [9.17, 15) is 0 Å². The molecule has 1 N–H and O–H groups in total. The summed E-state index contributed by atoms with van der Waals surface area (Å²) in [5.41, 5.74) is 2.15. The second-order valence-corrected chi connectivity index (χ2v) is 5.50. The fourth-order valence-electron chi connectivity index (χ4n) is 1.76. The quantitative estimate of drug-likeness (QED) is 0.792. The molecule has 2 aromatic carbocycles. The van der Waals surface area contributed by atoms with Crippen LogP contribution in [-0.2, 0) is 9.59 Å². The van der Waals surface area contributed by atoms with E-state index in [1.165, 1.54) is 0 Å². The van der Waals surface area contributed by atoms with Crippen LogP contribution >= 0.6 is 23.4 Å². The van der Waals surface area contributed by atoms with Gasteiger partial charge in [-0.3, -0.25) is 0 Å². The average molecular weight is 332 g/mol. The predicted molar refractivity (Wildman–Crippen MR) is 82.4 cm³/mol. The van der Waals surface area contributed by atoms with E-state index in [0.717, 1.165) is 26.1 Å². The first-order chi connectivity index (χ1) is 10.7. The first kappa shape index (κ1) is 16.0. The van der Waals surface area contributed by atoms with Gasteiger partial charge in [-0.25, -0.2) is 0 Å². The van der Waals surface area contributed by atoms with Crippen molar-refractivity contribution in [3.63, 3.8) is 0 Å². The van der Waals surface area contributed by atoms with Gasteiger partial charge in [0.05, 0.1) is 6.20 Å². The van der Waals surface area contributed by atoms with E-state index in [-0.39, 0.29) is 6.15 Å². The summed E-state index contributed by atoms with van der Waals surface area (Å²) in [4.78, 5) is 17.4. The monoisotopic (exact) mass is 331 g/mol. The molecule has 0 aliphatic rings. The highest BCUT2D eigenvalue weighted by atomic mass is 35.5. The van der Waals surface area contributed by atoms with Crippen LogP contribution < -0.4 is 0 Å². The van der Waals surface area contributed by atoms with E-state index in [1.807, 2.05) is 24.3 Å². The van der Waals surface area contributed by atoms with Crippen LogP contribution in [-0.4, -0.2) is 21.6 Å². The highest BCUT2D eigenvalue weighted by Gasteiger charge is 2.04. The third kappa shape index (κ3) is 4.30. The van der Waals surface area contributed by atoms with Crippen LogP contribution in [0.25, 0.3) is 11.1 Å². The summed E-state index contributed by atoms with van der Waals surface area (Å²) in [6.45, 7) is 0. The van der Waals surface area contributed by atoms with Crippen molar-refractivity contribution in [2.24, 2.45) is 0 Å². The Kier molecular flexibility index (Phi) is 5.91. The Morgan fingerprint density at radius 3 is 2.32 bits per heavy atom. The summed E-state index contributed by atoms with van der Waals surface area (Å²) in [7, 11) is 0. The summed E-state index contributed by atoms with van der Waals surface area (Å²) in [6, 6.07) is 16.1. The Labute approximate surface area is 135 Å². The van der Waals surface area contributed by atoms with Crippen molar-refractivity contribution >= 4 is 29.5 Å². The maximum atomic E-state index is 8.12. The van der Waals surface area contributed by atoms with E-state index >= 15 is 0 Å². The third-order valence-electron chi connectivity index (χ3n) is 2.65. The Morgan fingerprint density at radius 2 is 1.73 bits per heavy atom. The summed E-state index contributed by atoms with van der Waals surface area (Å²) in [5, 5.41) is 12.0. The first-order valence-corrected chi connectivity index (χ1v) is 7.32. The van der Waals surface area contributed by atoms with Crippen LogP contribution in [0.1, 0.15) is 0 Å². The van der Waals surface area contributed by atoms with Crippen LogP contribution in [0.5, 0.6) is 0 Å². The molecule has 0 amide bonds. The van der Waals surface area contributed by atoms with Crippen LogP contribution in [0.4, 0.5) is 0 Å². The highest BCUT2D eigenvalue weighted by molar-refractivity contribution is 7.99. The lowest BCUT2D eigenvalue weighted by molar-refractivity contribution is -0.191. The van der Waals surface area contributed by atoms with Crippen molar-refractivity contribution in [3.8, 4) is 11.1 Å². The van der Waals surface area contributed by atoms with Gasteiger partial charge in [-0.15, -0.1) is 5.10 Å². The average Bonchev–Trinajstić information content (AvgIpc) is 3.03. The molecule has 5 nitrogen and oxygen atoms in total. The van der Waals surface area contributed by atoms with Crippen LogP contribution in [0, 0.1) is 0 Å². The maximum absolute atomic E-state index is 8.12. The summed E-state index contributed by atoms with van der Waals surface area (Å²) in [6.07, 6.45) is 1.95. The van der Waals surface area contributed by atoms with Gasteiger partial charge in [0.15, 0.2) is 0 Å². The smallest absolute Gasteiger partial charge is 0.197 e. The number of aromatic nitrogens is 3. The molecule has 0 radical (unpaired) electrons. The molecule has 0 spiro atoms. The summed E-state index contributed by atoms with van der Waals surface area (Å²) < 4.78 is 0. The molecule has 3 aromatic rings. The highest BCUT2D eigenvalue weighted by Crippen LogP contribution is 2.31. The van der Waals surface area contributed by atoms with Gasteiger partial charge in [0.25, 0.3) is 0 Å². The van der Waals surface area contributed by atoms with Gasteiger partial charge in [-0.2, -0.15) is 19.9 Å². The second-order valence-electron chi connectivity index (χ2n) is 4.00. The number of H-pyrrole nitrogens is 1. The molecule has 22 heavy (non-hydrogen) atoms. The Morgan fingerprint density at radius 1 is 1.05 bits per heavy atom. The van der Waals surface area contributed by atoms with Crippen LogP contribution in [0.3, 0.4) is 0 Å². The van der Waals surface area contributed by atoms with Crippen molar-refractivity contribution in [1.82, 2.24) is 15.4 Å². The Bertz CT molecular complexity index is 755. The van der Waals surface area contributed by atoms with Gasteiger partial charge < -0.3 is 0 Å². The van der Waals surface area contributed by atoms with Crippen LogP contribution in [0.2, 0.25) is 5.02 Å². The Balaban J connectivity index is 0.000000545. The number of hydrogen-bond acceptors (Lipinski definition) is 5. The largest absolute Gasteiger partial charge is 0.373 e. The molecule has 0 aliphatic heterocycles. The molecule has 0 fully saturated rings. The number of carbonyl (C=O) groups excluding carboxylic acids is 2. The van der Waals surface area contributed by atoms with Crippen molar-refractivity contribution in [3.05, 3.63) is 59.8 Å². The standard InChI is InChI=1S/C14H10ClN3S.CO2/c15-13-4-2-1-3-12(13)10-5-7-11(8-6-10)19-14-9-16-18-17-14;2-1-3/h1-9H,(H,16,17,18);. The number of nitrogens with zero attached hydrogens (tertiary/aromatic N) is 2. The number of aromatic amines is 1. The van der Waals surface area contributed by atoms with E-state index in [2.05, 4.69) is 39.7 Å². The lowest BCUT2D eigenvalue weighted by Gasteiger charge is -2.05. The SMILES string of the molecule is Clc1ccccc1-c1ccc(Sc2cn[nH]n2)cc1.O=C=O. The van der Waals surface area contributed by atoms with Gasteiger partial charge in [-0.05, 0) is 23.8 Å². The molecule has 7 heteroatoms. The van der Waals surface area contributed by atoms with E-state index < -0.39 is 0 Å². The molecule has 0 aliphatic carbocycles. The van der Waals surface area contributed by atoms with Gasteiger partial charge in [-0.1, -0.05) is 53.7 Å².